The summed E-state index contributed by atoms with van der Waals surface area (Å²) >= 11 is 0. The van der Waals surface area contributed by atoms with Crippen molar-refractivity contribution in [1.82, 2.24) is 0 Å². The zero-order valence-electron chi connectivity index (χ0n) is 6.76. The van der Waals surface area contributed by atoms with Crippen molar-refractivity contribution in [2.45, 2.75) is 25.7 Å². The van der Waals surface area contributed by atoms with Crippen molar-refractivity contribution < 1.29 is 10.0 Å². The van der Waals surface area contributed by atoms with Crippen LogP contribution in [0, 0.1) is 10.1 Å². The lowest BCUT2D eigenvalue weighted by Crippen LogP contribution is -2.28. The normalized spacial score (nSPS) is 30.1. The maximum Gasteiger partial charge on any atom is 0.409 e. The molecule has 0 aromatic heterocycles. The Morgan fingerprint density at radius 1 is 1.83 bits per heavy atom. The third kappa shape index (κ3) is 1.33. The molecule has 0 spiro atoms. The molecule has 6 nitrogen and oxygen atoms in total. The van der Waals surface area contributed by atoms with Crippen LogP contribution in [0.25, 0.3) is 0 Å². The number of aliphatic hydroxyl groups excluding tert-OH is 1. The smallest absolute Gasteiger partial charge is 0.387 e. The highest BCUT2D eigenvalue weighted by molar-refractivity contribution is 6.33. The molecule has 0 aromatic rings. The van der Waals surface area contributed by atoms with Crippen LogP contribution in [0.1, 0.15) is 13.8 Å². The van der Waals surface area contributed by atoms with Gasteiger partial charge in [-0.25, -0.2) is 0 Å². The van der Waals surface area contributed by atoms with E-state index in [0.717, 1.165) is 0 Å². The molecular formula is C6H9N3O3. The second kappa shape index (κ2) is 2.63. The topological polar surface area (TPSA) is 88.1 Å². The van der Waals surface area contributed by atoms with Crippen molar-refractivity contribution in [3.8, 4) is 0 Å². The van der Waals surface area contributed by atoms with Gasteiger partial charge < -0.3 is 5.11 Å². The monoisotopic (exact) mass is 171 g/mol. The molecule has 6 heteroatoms. The predicted molar refractivity (Wildman–Crippen MR) is 43.0 cm³/mol. The van der Waals surface area contributed by atoms with Gasteiger partial charge >= 0.3 is 5.79 Å². The van der Waals surface area contributed by atoms with Gasteiger partial charge in [-0.2, -0.15) is 9.98 Å². The average Bonchev–Trinajstić information content (AvgIpc) is 2.33. The summed E-state index contributed by atoms with van der Waals surface area (Å²) in [6.45, 7) is 2.76. The zero-order chi connectivity index (χ0) is 9.35. The predicted octanol–water partition coefficient (Wildman–Crippen LogP) is -0.157. The number of hydrogen-bond donors (Lipinski definition) is 1. The number of nitro groups is 1. The van der Waals surface area contributed by atoms with Crippen LogP contribution in [-0.2, 0) is 0 Å². The molecule has 0 aromatic carbocycles. The van der Waals surface area contributed by atoms with Gasteiger partial charge in [-0.05, 0) is 6.92 Å². The van der Waals surface area contributed by atoms with Crippen molar-refractivity contribution in [3.63, 3.8) is 0 Å². The van der Waals surface area contributed by atoms with E-state index in [1.54, 1.807) is 0 Å². The highest BCUT2D eigenvalue weighted by Gasteiger charge is 2.39. The van der Waals surface area contributed by atoms with Crippen molar-refractivity contribution in [1.29, 1.82) is 0 Å². The van der Waals surface area contributed by atoms with Crippen molar-refractivity contribution in [3.05, 3.63) is 10.1 Å². The van der Waals surface area contributed by atoms with Gasteiger partial charge in [-0.3, -0.25) is 10.1 Å². The molecule has 2 unspecified atom stereocenters. The maximum absolute atomic E-state index is 10.4. The van der Waals surface area contributed by atoms with Crippen LogP contribution in [0.5, 0.6) is 0 Å². The Kier molecular flexibility index (Phi) is 1.93. The van der Waals surface area contributed by atoms with E-state index in [1.165, 1.54) is 20.1 Å². The van der Waals surface area contributed by atoms with E-state index in [2.05, 4.69) is 9.98 Å². The number of aliphatic imine (C=N–C) groups is 2. The lowest BCUT2D eigenvalue weighted by Gasteiger charge is -2.06. The van der Waals surface area contributed by atoms with Crippen LogP contribution in [0.15, 0.2) is 9.98 Å². The second-order valence-corrected chi connectivity index (χ2v) is 2.70. The van der Waals surface area contributed by atoms with Gasteiger partial charge in [-0.1, -0.05) is 0 Å². The Morgan fingerprint density at radius 3 is 2.67 bits per heavy atom. The molecule has 1 heterocycles. The third-order valence-electron chi connectivity index (χ3n) is 1.56. The molecular weight excluding hydrogens is 162 g/mol. The molecule has 1 aliphatic heterocycles. The van der Waals surface area contributed by atoms with Crippen LogP contribution < -0.4 is 0 Å². The van der Waals surface area contributed by atoms with Crippen molar-refractivity contribution >= 4 is 11.9 Å². The summed E-state index contributed by atoms with van der Waals surface area (Å²) in [5, 5.41) is 19.4. The third-order valence-corrected chi connectivity index (χ3v) is 1.56. The van der Waals surface area contributed by atoms with Crippen LogP contribution in [0.2, 0.25) is 0 Å². The fraction of sp³-hybridized carbons (Fsp3) is 0.667. The lowest BCUT2D eigenvalue weighted by atomic mass is 10.3. The fourth-order valence-electron chi connectivity index (χ4n) is 0.780. The first-order valence-electron chi connectivity index (χ1n) is 3.43. The molecule has 1 rings (SSSR count). The molecule has 1 N–H and O–H groups in total. The first kappa shape index (κ1) is 8.79. The molecule has 12 heavy (non-hydrogen) atoms. The molecule has 0 bridgehead atoms. The zero-order valence-corrected chi connectivity index (χ0v) is 6.76. The van der Waals surface area contributed by atoms with Crippen LogP contribution >= 0.6 is 0 Å². The van der Waals surface area contributed by atoms with Gasteiger partial charge in [0.1, 0.15) is 0 Å². The van der Waals surface area contributed by atoms with Gasteiger partial charge in [0.15, 0.2) is 0 Å². The molecule has 0 fully saturated rings. The Bertz CT molecular complexity index is 271. The number of aliphatic hydroxyl groups is 1. The standard InChI is InChI=1S/C6H9N3O3/c1-4(10)5-3-7-6(2,8-5)9(11)12/h3-4,10H,1-2H3. The molecule has 2 atom stereocenters. The first-order valence-corrected chi connectivity index (χ1v) is 3.43. The minimum atomic E-state index is -1.63. The van der Waals surface area contributed by atoms with Crippen LogP contribution in [-0.4, -0.2) is 33.8 Å². The van der Waals surface area contributed by atoms with E-state index in [4.69, 9.17) is 5.11 Å². The van der Waals surface area contributed by atoms with Gasteiger partial charge in [0.05, 0.1) is 29.9 Å². The highest BCUT2D eigenvalue weighted by atomic mass is 16.6. The van der Waals surface area contributed by atoms with E-state index >= 15 is 0 Å². The highest BCUT2D eigenvalue weighted by Crippen LogP contribution is 2.17. The Morgan fingerprint density at radius 2 is 2.42 bits per heavy atom. The van der Waals surface area contributed by atoms with Crippen molar-refractivity contribution in [2.75, 3.05) is 0 Å². The average molecular weight is 171 g/mol. The Hall–Kier alpha value is -1.30. The summed E-state index contributed by atoms with van der Waals surface area (Å²) in [5.74, 6) is -1.63. The van der Waals surface area contributed by atoms with E-state index < -0.39 is 16.8 Å². The molecule has 0 radical (unpaired) electrons. The summed E-state index contributed by atoms with van der Waals surface area (Å²) in [5.41, 5.74) is 0.245. The van der Waals surface area contributed by atoms with Gasteiger partial charge in [0, 0.05) is 0 Å². The minimum absolute atomic E-state index is 0.245. The van der Waals surface area contributed by atoms with E-state index in [-0.39, 0.29) is 5.71 Å². The number of rotatable bonds is 2. The Balaban J connectivity index is 2.92. The minimum Gasteiger partial charge on any atom is -0.387 e. The van der Waals surface area contributed by atoms with Crippen LogP contribution in [0.3, 0.4) is 0 Å². The SMILES string of the molecule is CC(O)C1=NC(C)([N+](=O)[O-])N=C1. The lowest BCUT2D eigenvalue weighted by molar-refractivity contribution is -0.560. The number of hydrogen-bond acceptors (Lipinski definition) is 5. The molecule has 1 aliphatic rings. The quantitative estimate of drug-likeness (QED) is 0.462. The van der Waals surface area contributed by atoms with Gasteiger partial charge in [0.2, 0.25) is 0 Å². The molecule has 0 amide bonds. The van der Waals surface area contributed by atoms with Gasteiger partial charge in [-0.15, -0.1) is 0 Å². The summed E-state index contributed by atoms with van der Waals surface area (Å²) in [6, 6.07) is 0. The Labute approximate surface area is 68.8 Å². The van der Waals surface area contributed by atoms with Crippen molar-refractivity contribution in [2.24, 2.45) is 9.98 Å². The molecule has 0 aliphatic carbocycles. The molecule has 0 saturated carbocycles. The second-order valence-electron chi connectivity index (χ2n) is 2.70. The summed E-state index contributed by atoms with van der Waals surface area (Å²) in [7, 11) is 0. The van der Waals surface area contributed by atoms with Gasteiger partial charge in [0.25, 0.3) is 0 Å². The first-order chi connectivity index (χ1) is 5.46. The fourth-order valence-corrected chi connectivity index (χ4v) is 0.780. The molecule has 66 valence electrons. The summed E-state index contributed by atoms with van der Waals surface area (Å²) < 4.78 is 0. The molecule has 0 saturated heterocycles. The maximum atomic E-state index is 10.4. The number of nitrogens with zero attached hydrogens (tertiary/aromatic N) is 3. The summed E-state index contributed by atoms with van der Waals surface area (Å²) in [4.78, 5) is 17.0. The largest absolute Gasteiger partial charge is 0.409 e. The van der Waals surface area contributed by atoms with Crippen LogP contribution in [0.4, 0.5) is 0 Å². The van der Waals surface area contributed by atoms with E-state index in [1.807, 2.05) is 0 Å². The van der Waals surface area contributed by atoms with E-state index in [0.29, 0.717) is 0 Å². The summed E-state index contributed by atoms with van der Waals surface area (Å²) in [6.07, 6.45) is 0.420. The van der Waals surface area contributed by atoms with E-state index in [9.17, 15) is 10.1 Å².